The van der Waals surface area contributed by atoms with Gasteiger partial charge in [0.1, 0.15) is 5.70 Å². The number of benzene rings is 2. The molecule has 0 saturated heterocycles. The van der Waals surface area contributed by atoms with Crippen LogP contribution in [-0.2, 0) is 11.8 Å². The molecule has 3 rings (SSSR count). The van der Waals surface area contributed by atoms with Crippen molar-refractivity contribution in [1.29, 1.82) is 0 Å². The van der Waals surface area contributed by atoms with Crippen LogP contribution in [0.15, 0.2) is 60.4 Å². The number of fused-ring (bicyclic) bond motifs is 1. The molecule has 0 atom stereocenters. The number of nitrogens with one attached hydrogen (secondary N) is 2. The molecule has 2 amide bonds. The molecule has 6 nitrogen and oxygen atoms in total. The molecule has 0 spiro atoms. The van der Waals surface area contributed by atoms with Gasteiger partial charge in [-0.25, -0.2) is 0 Å². The summed E-state index contributed by atoms with van der Waals surface area (Å²) in [4.78, 5) is 25.4. The summed E-state index contributed by atoms with van der Waals surface area (Å²) in [5.74, 6) is -0.911. The summed E-state index contributed by atoms with van der Waals surface area (Å²) < 4.78 is 1.96. The Kier molecular flexibility index (Phi) is 6.69. The lowest BCUT2D eigenvalue weighted by Gasteiger charge is -2.11. The minimum atomic E-state index is -0.473. The second-order valence-corrected chi connectivity index (χ2v) is 6.94. The molecule has 0 saturated carbocycles. The van der Waals surface area contributed by atoms with Gasteiger partial charge in [0.2, 0.25) is 0 Å². The fourth-order valence-corrected chi connectivity index (χ4v) is 3.23. The zero-order valence-electron chi connectivity index (χ0n) is 16.0. The molecule has 0 unspecified atom stereocenters. The molecular formula is C22H22ClN3O3. The molecule has 150 valence electrons. The number of aryl methyl sites for hydroxylation is 1. The van der Waals surface area contributed by atoms with Crippen molar-refractivity contribution in [1.82, 2.24) is 15.2 Å². The SMILES string of the molecule is Cn1cc(/C=C(\NC(=O)c2ccccc2Cl)C(=O)NCCCO)c2ccccc21. The molecule has 29 heavy (non-hydrogen) atoms. The van der Waals surface area contributed by atoms with Crippen LogP contribution in [0.25, 0.3) is 17.0 Å². The molecule has 0 aliphatic carbocycles. The Balaban J connectivity index is 1.96. The van der Waals surface area contributed by atoms with Crippen molar-refractivity contribution >= 4 is 40.4 Å². The number of hydrogen-bond acceptors (Lipinski definition) is 3. The standard InChI is InChI=1S/C22H22ClN3O3/c1-26-14-15(16-7-3-5-10-20(16)26)13-19(22(29)24-11-6-12-27)25-21(28)17-8-2-4-9-18(17)23/h2-5,7-10,13-14,27H,6,11-12H2,1H3,(H,24,29)(H,25,28)/b19-13-. The Morgan fingerprint density at radius 3 is 2.62 bits per heavy atom. The second kappa shape index (κ2) is 9.41. The third-order valence-corrected chi connectivity index (χ3v) is 4.79. The third kappa shape index (κ3) is 4.85. The quantitative estimate of drug-likeness (QED) is 0.412. The molecule has 3 aromatic rings. The van der Waals surface area contributed by atoms with E-state index in [1.165, 1.54) is 0 Å². The van der Waals surface area contributed by atoms with Crippen LogP contribution in [0.2, 0.25) is 5.02 Å². The van der Waals surface area contributed by atoms with Gasteiger partial charge in [0.05, 0.1) is 10.6 Å². The van der Waals surface area contributed by atoms with Crippen LogP contribution in [0.1, 0.15) is 22.3 Å². The van der Waals surface area contributed by atoms with Crippen LogP contribution in [0, 0.1) is 0 Å². The average Bonchev–Trinajstić information content (AvgIpc) is 3.03. The number of hydrogen-bond donors (Lipinski definition) is 3. The van der Waals surface area contributed by atoms with Crippen LogP contribution in [-0.4, -0.2) is 34.6 Å². The van der Waals surface area contributed by atoms with Crippen LogP contribution < -0.4 is 10.6 Å². The van der Waals surface area contributed by atoms with Gasteiger partial charge in [0, 0.05) is 42.9 Å². The predicted molar refractivity (Wildman–Crippen MR) is 115 cm³/mol. The highest BCUT2D eigenvalue weighted by Gasteiger charge is 2.17. The molecular weight excluding hydrogens is 390 g/mol. The topological polar surface area (TPSA) is 83.4 Å². The number of carbonyl (C=O) groups is 2. The minimum Gasteiger partial charge on any atom is -0.396 e. The fourth-order valence-electron chi connectivity index (χ4n) is 3.01. The normalized spacial score (nSPS) is 11.5. The molecule has 2 aromatic carbocycles. The summed E-state index contributed by atoms with van der Waals surface area (Å²) in [5.41, 5.74) is 2.19. The second-order valence-electron chi connectivity index (χ2n) is 6.54. The van der Waals surface area contributed by atoms with E-state index in [4.69, 9.17) is 16.7 Å². The summed E-state index contributed by atoms with van der Waals surface area (Å²) in [6, 6.07) is 14.4. The number of nitrogens with zero attached hydrogens (tertiary/aromatic N) is 1. The first kappa shape index (κ1) is 20.6. The van der Waals surface area contributed by atoms with Crippen LogP contribution >= 0.6 is 11.6 Å². The highest BCUT2D eigenvalue weighted by Crippen LogP contribution is 2.22. The number of aromatic nitrogens is 1. The smallest absolute Gasteiger partial charge is 0.267 e. The highest BCUT2D eigenvalue weighted by molar-refractivity contribution is 6.34. The van der Waals surface area contributed by atoms with Gasteiger partial charge in [-0.15, -0.1) is 0 Å². The lowest BCUT2D eigenvalue weighted by atomic mass is 10.1. The Bertz CT molecular complexity index is 1070. The van der Waals surface area contributed by atoms with Crippen molar-refractivity contribution in [2.45, 2.75) is 6.42 Å². The van der Waals surface area contributed by atoms with E-state index in [9.17, 15) is 9.59 Å². The number of carbonyl (C=O) groups excluding carboxylic acids is 2. The summed E-state index contributed by atoms with van der Waals surface area (Å²) in [5, 5.41) is 15.6. The molecule has 3 N–H and O–H groups in total. The maximum absolute atomic E-state index is 12.7. The molecule has 7 heteroatoms. The van der Waals surface area contributed by atoms with E-state index < -0.39 is 11.8 Å². The molecule has 0 radical (unpaired) electrons. The van der Waals surface area contributed by atoms with Gasteiger partial charge in [-0.1, -0.05) is 41.9 Å². The van der Waals surface area contributed by atoms with Crippen molar-refractivity contribution < 1.29 is 14.7 Å². The van der Waals surface area contributed by atoms with Gasteiger partial charge in [0.25, 0.3) is 11.8 Å². The van der Waals surface area contributed by atoms with Crippen molar-refractivity contribution in [2.75, 3.05) is 13.2 Å². The van der Waals surface area contributed by atoms with E-state index in [-0.39, 0.29) is 17.9 Å². The number of halogens is 1. The lowest BCUT2D eigenvalue weighted by Crippen LogP contribution is -2.35. The van der Waals surface area contributed by atoms with E-state index in [1.807, 2.05) is 42.1 Å². The van der Waals surface area contributed by atoms with Gasteiger partial charge >= 0.3 is 0 Å². The Morgan fingerprint density at radius 2 is 1.86 bits per heavy atom. The maximum atomic E-state index is 12.7. The summed E-state index contributed by atoms with van der Waals surface area (Å²) >= 11 is 6.11. The van der Waals surface area contributed by atoms with Gasteiger partial charge in [-0.05, 0) is 30.7 Å². The maximum Gasteiger partial charge on any atom is 0.267 e. The Morgan fingerprint density at radius 1 is 1.14 bits per heavy atom. The first-order valence-electron chi connectivity index (χ1n) is 9.22. The van der Waals surface area contributed by atoms with Crippen molar-refractivity contribution in [2.24, 2.45) is 7.05 Å². The third-order valence-electron chi connectivity index (χ3n) is 4.46. The van der Waals surface area contributed by atoms with Gasteiger partial charge in [-0.2, -0.15) is 0 Å². The van der Waals surface area contributed by atoms with Crippen LogP contribution in [0.4, 0.5) is 0 Å². The van der Waals surface area contributed by atoms with Crippen LogP contribution in [0.5, 0.6) is 0 Å². The van der Waals surface area contributed by atoms with E-state index in [0.29, 0.717) is 18.0 Å². The van der Waals surface area contributed by atoms with Gasteiger partial charge < -0.3 is 20.3 Å². The Labute approximate surface area is 173 Å². The van der Waals surface area contributed by atoms with Crippen molar-refractivity contribution in [3.05, 3.63) is 76.6 Å². The first-order chi connectivity index (χ1) is 14.0. The zero-order chi connectivity index (χ0) is 20.8. The number of aliphatic hydroxyl groups is 1. The summed E-state index contributed by atoms with van der Waals surface area (Å²) in [6.45, 7) is 0.263. The predicted octanol–water partition coefficient (Wildman–Crippen LogP) is 3.10. The monoisotopic (exact) mass is 411 g/mol. The average molecular weight is 412 g/mol. The number of amides is 2. The van der Waals surface area contributed by atoms with E-state index in [1.54, 1.807) is 30.3 Å². The zero-order valence-corrected chi connectivity index (χ0v) is 16.7. The van der Waals surface area contributed by atoms with E-state index in [2.05, 4.69) is 10.6 Å². The summed E-state index contributed by atoms with van der Waals surface area (Å²) in [7, 11) is 1.92. The fraction of sp³-hybridized carbons (Fsp3) is 0.182. The van der Waals surface area contributed by atoms with E-state index in [0.717, 1.165) is 16.5 Å². The molecule has 1 aromatic heterocycles. The van der Waals surface area contributed by atoms with Crippen molar-refractivity contribution in [3.8, 4) is 0 Å². The van der Waals surface area contributed by atoms with Crippen LogP contribution in [0.3, 0.4) is 0 Å². The van der Waals surface area contributed by atoms with Gasteiger partial charge in [0.15, 0.2) is 0 Å². The molecule has 0 aliphatic heterocycles. The number of rotatable bonds is 7. The molecule has 0 aliphatic rings. The van der Waals surface area contributed by atoms with Crippen molar-refractivity contribution in [3.63, 3.8) is 0 Å². The highest BCUT2D eigenvalue weighted by atomic mass is 35.5. The minimum absolute atomic E-state index is 0.0331. The number of aliphatic hydroxyl groups excluding tert-OH is 1. The summed E-state index contributed by atoms with van der Waals surface area (Å²) in [6.07, 6.45) is 3.96. The first-order valence-corrected chi connectivity index (χ1v) is 9.59. The largest absolute Gasteiger partial charge is 0.396 e. The lowest BCUT2D eigenvalue weighted by molar-refractivity contribution is -0.117. The van der Waals surface area contributed by atoms with E-state index >= 15 is 0 Å². The Hall–Kier alpha value is -3.09. The van der Waals surface area contributed by atoms with Gasteiger partial charge in [-0.3, -0.25) is 9.59 Å². The molecule has 1 heterocycles. The number of para-hydroxylation sites is 1. The molecule has 0 bridgehead atoms. The molecule has 0 fully saturated rings.